The van der Waals surface area contributed by atoms with Crippen molar-refractivity contribution in [3.05, 3.63) is 46.1 Å². The van der Waals surface area contributed by atoms with E-state index in [-0.39, 0.29) is 17.5 Å². The Morgan fingerprint density at radius 1 is 1.22 bits per heavy atom. The van der Waals surface area contributed by atoms with E-state index in [0.29, 0.717) is 5.69 Å². The number of rotatable bonds is 6. The molecule has 0 atom stereocenters. The van der Waals surface area contributed by atoms with E-state index in [1.807, 2.05) is 48.9 Å². The van der Waals surface area contributed by atoms with Crippen LogP contribution in [-0.4, -0.2) is 18.2 Å². The number of sulfonamides is 1. The fourth-order valence-corrected chi connectivity index (χ4v) is 4.75. The molecule has 3 aromatic rings. The van der Waals surface area contributed by atoms with Crippen LogP contribution in [0.25, 0.3) is 10.6 Å². The van der Waals surface area contributed by atoms with Gasteiger partial charge in [-0.25, -0.2) is 13.1 Å². The van der Waals surface area contributed by atoms with Crippen LogP contribution in [0.4, 0.5) is 0 Å². The molecule has 3 aromatic heterocycles. The standard InChI is InChI=1S/C15H17N3O2S3/c1-11(2)18-10-14(15(17-18)13-6-4-8-22-13)23(19,20)16-9-12-5-3-7-21-12/h3-8,10-11,16H,9H2,1-2H3. The summed E-state index contributed by atoms with van der Waals surface area (Å²) in [5.74, 6) is 0. The highest BCUT2D eigenvalue weighted by Gasteiger charge is 2.24. The van der Waals surface area contributed by atoms with Gasteiger partial charge in [0, 0.05) is 23.7 Å². The summed E-state index contributed by atoms with van der Waals surface area (Å²) in [5.41, 5.74) is 0.507. The lowest BCUT2D eigenvalue weighted by Gasteiger charge is -2.05. The Bertz CT molecular complexity index is 863. The van der Waals surface area contributed by atoms with Gasteiger partial charge >= 0.3 is 0 Å². The molecule has 0 bridgehead atoms. The molecule has 0 unspecified atom stereocenters. The van der Waals surface area contributed by atoms with Crippen molar-refractivity contribution < 1.29 is 8.42 Å². The van der Waals surface area contributed by atoms with Gasteiger partial charge in [-0.2, -0.15) is 5.10 Å². The molecule has 3 heterocycles. The van der Waals surface area contributed by atoms with Gasteiger partial charge in [0.25, 0.3) is 0 Å². The van der Waals surface area contributed by atoms with Gasteiger partial charge in [0.05, 0.1) is 4.88 Å². The highest BCUT2D eigenvalue weighted by Crippen LogP contribution is 2.30. The second kappa shape index (κ2) is 6.56. The highest BCUT2D eigenvalue weighted by molar-refractivity contribution is 7.89. The van der Waals surface area contributed by atoms with E-state index in [1.54, 1.807) is 10.9 Å². The van der Waals surface area contributed by atoms with Crippen LogP contribution >= 0.6 is 22.7 Å². The Morgan fingerprint density at radius 2 is 1.96 bits per heavy atom. The topological polar surface area (TPSA) is 64.0 Å². The lowest BCUT2D eigenvalue weighted by Crippen LogP contribution is -2.23. The number of thiophene rings is 2. The third-order valence-electron chi connectivity index (χ3n) is 3.29. The number of aromatic nitrogens is 2. The second-order valence-electron chi connectivity index (χ2n) is 5.30. The molecule has 0 saturated carbocycles. The Hall–Kier alpha value is -1.48. The lowest BCUT2D eigenvalue weighted by molar-refractivity contribution is 0.532. The van der Waals surface area contributed by atoms with Crippen LogP contribution in [0.2, 0.25) is 0 Å². The van der Waals surface area contributed by atoms with Gasteiger partial charge in [-0.05, 0) is 36.7 Å². The van der Waals surface area contributed by atoms with E-state index >= 15 is 0 Å². The normalized spacial score (nSPS) is 12.1. The number of hydrogen-bond donors (Lipinski definition) is 1. The van der Waals surface area contributed by atoms with E-state index in [0.717, 1.165) is 9.75 Å². The minimum atomic E-state index is -3.63. The number of hydrogen-bond acceptors (Lipinski definition) is 5. The van der Waals surface area contributed by atoms with Gasteiger partial charge < -0.3 is 0 Å². The predicted octanol–water partition coefficient (Wildman–Crippen LogP) is 3.73. The van der Waals surface area contributed by atoms with Crippen LogP contribution in [-0.2, 0) is 16.6 Å². The molecule has 23 heavy (non-hydrogen) atoms. The lowest BCUT2D eigenvalue weighted by atomic mass is 10.3. The molecule has 0 fully saturated rings. The third kappa shape index (κ3) is 3.55. The Balaban J connectivity index is 1.96. The Labute approximate surface area is 143 Å². The van der Waals surface area contributed by atoms with Crippen molar-refractivity contribution in [2.24, 2.45) is 0 Å². The average molecular weight is 368 g/mol. The predicted molar refractivity (Wildman–Crippen MR) is 94.3 cm³/mol. The molecular formula is C15H17N3O2S3. The van der Waals surface area contributed by atoms with Crippen molar-refractivity contribution in [3.8, 4) is 10.6 Å². The maximum Gasteiger partial charge on any atom is 0.244 e. The quantitative estimate of drug-likeness (QED) is 0.722. The summed E-state index contributed by atoms with van der Waals surface area (Å²) < 4.78 is 29.8. The summed E-state index contributed by atoms with van der Waals surface area (Å²) in [5, 5.41) is 8.32. The first-order chi connectivity index (χ1) is 11.0. The molecule has 0 spiro atoms. The molecule has 0 aromatic carbocycles. The van der Waals surface area contributed by atoms with Gasteiger partial charge in [0.2, 0.25) is 10.0 Å². The summed E-state index contributed by atoms with van der Waals surface area (Å²) in [6.45, 7) is 4.23. The zero-order chi connectivity index (χ0) is 16.4. The molecule has 1 N–H and O–H groups in total. The molecular weight excluding hydrogens is 350 g/mol. The monoisotopic (exact) mass is 367 g/mol. The first-order valence-electron chi connectivity index (χ1n) is 7.12. The van der Waals surface area contributed by atoms with E-state index in [1.165, 1.54) is 22.7 Å². The molecule has 8 heteroatoms. The van der Waals surface area contributed by atoms with E-state index in [9.17, 15) is 8.42 Å². The summed E-state index contributed by atoms with van der Waals surface area (Å²) in [6, 6.07) is 7.68. The molecule has 122 valence electrons. The molecule has 0 aliphatic heterocycles. The van der Waals surface area contributed by atoms with Gasteiger partial charge in [-0.1, -0.05) is 12.1 Å². The van der Waals surface area contributed by atoms with E-state index < -0.39 is 10.0 Å². The Kier molecular flexibility index (Phi) is 4.67. The van der Waals surface area contributed by atoms with E-state index in [4.69, 9.17) is 0 Å². The minimum absolute atomic E-state index is 0.0926. The zero-order valence-corrected chi connectivity index (χ0v) is 15.2. The zero-order valence-electron chi connectivity index (χ0n) is 12.8. The smallest absolute Gasteiger partial charge is 0.244 e. The van der Waals surface area contributed by atoms with Gasteiger partial charge in [0.15, 0.2) is 0 Å². The van der Waals surface area contributed by atoms with Crippen LogP contribution in [0.3, 0.4) is 0 Å². The van der Waals surface area contributed by atoms with Gasteiger partial charge in [0.1, 0.15) is 10.6 Å². The largest absolute Gasteiger partial charge is 0.268 e. The van der Waals surface area contributed by atoms with Crippen molar-refractivity contribution in [3.63, 3.8) is 0 Å². The maximum atomic E-state index is 12.7. The summed E-state index contributed by atoms with van der Waals surface area (Å²) in [4.78, 5) is 2.05. The van der Waals surface area contributed by atoms with Crippen LogP contribution < -0.4 is 4.72 Å². The first-order valence-corrected chi connectivity index (χ1v) is 10.4. The molecule has 3 rings (SSSR count). The van der Waals surface area contributed by atoms with Crippen LogP contribution in [0, 0.1) is 0 Å². The first kappa shape index (κ1) is 16.4. The van der Waals surface area contributed by atoms with Crippen molar-refractivity contribution in [1.29, 1.82) is 0 Å². The van der Waals surface area contributed by atoms with Gasteiger partial charge in [-0.15, -0.1) is 22.7 Å². The highest BCUT2D eigenvalue weighted by atomic mass is 32.2. The summed E-state index contributed by atoms with van der Waals surface area (Å²) in [6.07, 6.45) is 1.61. The van der Waals surface area contributed by atoms with Crippen molar-refractivity contribution >= 4 is 32.7 Å². The number of nitrogens with one attached hydrogen (secondary N) is 1. The summed E-state index contributed by atoms with van der Waals surface area (Å²) >= 11 is 3.01. The fraction of sp³-hybridized carbons (Fsp3) is 0.267. The van der Waals surface area contributed by atoms with Crippen LogP contribution in [0.15, 0.2) is 46.1 Å². The maximum absolute atomic E-state index is 12.7. The molecule has 5 nitrogen and oxygen atoms in total. The van der Waals surface area contributed by atoms with Crippen molar-refractivity contribution in [2.45, 2.75) is 31.3 Å². The van der Waals surface area contributed by atoms with Gasteiger partial charge in [-0.3, -0.25) is 4.68 Å². The average Bonchev–Trinajstić information content (AvgIpc) is 3.23. The second-order valence-corrected chi connectivity index (χ2v) is 9.01. The third-order valence-corrected chi connectivity index (χ3v) is 6.44. The number of nitrogens with zero attached hydrogens (tertiary/aromatic N) is 2. The van der Waals surface area contributed by atoms with Crippen molar-refractivity contribution in [2.75, 3.05) is 0 Å². The SMILES string of the molecule is CC(C)n1cc(S(=O)(=O)NCc2cccs2)c(-c2cccs2)n1. The van der Waals surface area contributed by atoms with Crippen LogP contribution in [0.5, 0.6) is 0 Å². The van der Waals surface area contributed by atoms with E-state index in [2.05, 4.69) is 9.82 Å². The minimum Gasteiger partial charge on any atom is -0.268 e. The fourth-order valence-electron chi connectivity index (χ4n) is 2.08. The molecule has 0 amide bonds. The van der Waals surface area contributed by atoms with Crippen LogP contribution in [0.1, 0.15) is 24.8 Å². The van der Waals surface area contributed by atoms with Crippen molar-refractivity contribution in [1.82, 2.24) is 14.5 Å². The molecule has 0 radical (unpaired) electrons. The molecule has 0 aliphatic rings. The Morgan fingerprint density at radius 3 is 2.57 bits per heavy atom. The summed E-state index contributed by atoms with van der Waals surface area (Å²) in [7, 11) is -3.63. The molecule has 0 aliphatic carbocycles. The molecule has 0 saturated heterocycles.